The Labute approximate surface area is 160 Å². The molecule has 0 radical (unpaired) electrons. The Balaban J connectivity index is 1.31. The van der Waals surface area contributed by atoms with Gasteiger partial charge in [-0.05, 0) is 31.4 Å². The van der Waals surface area contributed by atoms with Gasteiger partial charge >= 0.3 is 0 Å². The van der Waals surface area contributed by atoms with Gasteiger partial charge in [-0.2, -0.15) is 0 Å². The first-order valence-corrected chi connectivity index (χ1v) is 10.2. The smallest absolute Gasteiger partial charge is 0.289 e. The third-order valence-electron chi connectivity index (χ3n) is 5.71. The zero-order valence-electron chi connectivity index (χ0n) is 15.8. The van der Waals surface area contributed by atoms with Crippen LogP contribution >= 0.6 is 0 Å². The van der Waals surface area contributed by atoms with Gasteiger partial charge < -0.3 is 9.32 Å². The Hall–Kier alpha value is -2.21. The van der Waals surface area contributed by atoms with Gasteiger partial charge in [0, 0.05) is 56.6 Å². The van der Waals surface area contributed by atoms with E-state index < -0.39 is 0 Å². The highest BCUT2D eigenvalue weighted by Crippen LogP contribution is 2.30. The first-order valence-electron chi connectivity index (χ1n) is 10.2. The van der Waals surface area contributed by atoms with Crippen molar-refractivity contribution >= 4 is 5.91 Å². The predicted octanol–water partition coefficient (Wildman–Crippen LogP) is 3.47. The maximum absolute atomic E-state index is 12.5. The molecule has 3 heterocycles. The lowest BCUT2D eigenvalue weighted by Gasteiger charge is -2.22. The highest BCUT2D eigenvalue weighted by atomic mass is 16.3. The number of aromatic nitrogens is 2. The zero-order chi connectivity index (χ0) is 18.5. The molecule has 0 aromatic carbocycles. The minimum absolute atomic E-state index is 0.0120. The molecule has 0 unspecified atom stereocenters. The van der Waals surface area contributed by atoms with E-state index in [4.69, 9.17) is 4.42 Å². The molecular formula is C21H28N4O2. The number of rotatable bonds is 4. The maximum Gasteiger partial charge on any atom is 0.289 e. The Bertz CT molecular complexity index is 723. The number of hydrogen-bond donors (Lipinski definition) is 0. The van der Waals surface area contributed by atoms with Crippen LogP contribution in [0.3, 0.4) is 0 Å². The number of carbonyl (C=O) groups excluding carboxylic acids is 1. The van der Waals surface area contributed by atoms with Crippen LogP contribution < -0.4 is 0 Å². The molecule has 0 atom stereocenters. The van der Waals surface area contributed by atoms with E-state index in [0.29, 0.717) is 11.7 Å². The summed E-state index contributed by atoms with van der Waals surface area (Å²) in [6.45, 7) is 4.17. The van der Waals surface area contributed by atoms with Gasteiger partial charge in [0.1, 0.15) is 5.82 Å². The lowest BCUT2D eigenvalue weighted by Crippen LogP contribution is -2.34. The molecule has 6 heteroatoms. The summed E-state index contributed by atoms with van der Waals surface area (Å²) in [5, 5.41) is 0. The molecule has 1 saturated carbocycles. The second-order valence-electron chi connectivity index (χ2n) is 7.68. The highest BCUT2D eigenvalue weighted by Gasteiger charge is 2.22. The summed E-state index contributed by atoms with van der Waals surface area (Å²) < 4.78 is 5.25. The SMILES string of the molecule is O=C(c1ccco1)N1CCCN(Cc2cnc(C3CCCCC3)nc2)CC1. The lowest BCUT2D eigenvalue weighted by atomic mass is 9.89. The van der Waals surface area contributed by atoms with Crippen molar-refractivity contribution in [3.05, 3.63) is 47.9 Å². The molecule has 4 rings (SSSR count). The van der Waals surface area contributed by atoms with Crippen molar-refractivity contribution in [2.24, 2.45) is 0 Å². The van der Waals surface area contributed by atoms with Crippen molar-refractivity contribution in [1.29, 1.82) is 0 Å². The van der Waals surface area contributed by atoms with Crippen LogP contribution in [0.5, 0.6) is 0 Å². The molecule has 2 aromatic heterocycles. The van der Waals surface area contributed by atoms with Gasteiger partial charge in [0.05, 0.1) is 6.26 Å². The van der Waals surface area contributed by atoms with Crippen LogP contribution in [-0.4, -0.2) is 51.9 Å². The largest absolute Gasteiger partial charge is 0.459 e. The maximum atomic E-state index is 12.5. The summed E-state index contributed by atoms with van der Waals surface area (Å²) in [6, 6.07) is 3.49. The lowest BCUT2D eigenvalue weighted by molar-refractivity contribution is 0.0729. The minimum Gasteiger partial charge on any atom is -0.459 e. The first-order chi connectivity index (χ1) is 13.3. The summed E-state index contributed by atoms with van der Waals surface area (Å²) in [6.07, 6.45) is 12.9. The number of hydrogen-bond acceptors (Lipinski definition) is 5. The van der Waals surface area contributed by atoms with Crippen LogP contribution in [0.25, 0.3) is 0 Å². The van der Waals surface area contributed by atoms with Gasteiger partial charge in [-0.15, -0.1) is 0 Å². The van der Waals surface area contributed by atoms with Crippen molar-refractivity contribution in [1.82, 2.24) is 19.8 Å². The molecular weight excluding hydrogens is 340 g/mol. The number of carbonyl (C=O) groups is 1. The van der Waals surface area contributed by atoms with Crippen molar-refractivity contribution in [2.45, 2.75) is 51.0 Å². The van der Waals surface area contributed by atoms with E-state index in [1.807, 2.05) is 17.3 Å². The van der Waals surface area contributed by atoms with Crippen LogP contribution in [0.4, 0.5) is 0 Å². The Morgan fingerprint density at radius 3 is 2.59 bits per heavy atom. The average molecular weight is 368 g/mol. The summed E-state index contributed by atoms with van der Waals surface area (Å²) in [7, 11) is 0. The number of furan rings is 1. The van der Waals surface area contributed by atoms with Crippen LogP contribution in [0.15, 0.2) is 35.2 Å². The topological polar surface area (TPSA) is 62.5 Å². The van der Waals surface area contributed by atoms with E-state index in [0.717, 1.165) is 50.5 Å². The minimum atomic E-state index is -0.0120. The molecule has 0 spiro atoms. The van der Waals surface area contributed by atoms with E-state index in [1.165, 1.54) is 32.1 Å². The Morgan fingerprint density at radius 1 is 1.04 bits per heavy atom. The molecule has 144 valence electrons. The van der Waals surface area contributed by atoms with Crippen LogP contribution in [0, 0.1) is 0 Å². The summed E-state index contributed by atoms with van der Waals surface area (Å²) in [5.74, 6) is 1.98. The standard InChI is InChI=1S/C21H28N4O2/c26-21(19-8-4-13-27-19)25-10-5-9-24(11-12-25)16-17-14-22-20(23-15-17)18-6-2-1-3-7-18/h4,8,13-15,18H,1-3,5-7,9-12,16H2. The van der Waals surface area contributed by atoms with Gasteiger partial charge in [0.25, 0.3) is 5.91 Å². The predicted molar refractivity (Wildman–Crippen MR) is 102 cm³/mol. The van der Waals surface area contributed by atoms with E-state index in [1.54, 1.807) is 18.4 Å². The van der Waals surface area contributed by atoms with Crippen molar-refractivity contribution in [3.63, 3.8) is 0 Å². The molecule has 6 nitrogen and oxygen atoms in total. The van der Waals surface area contributed by atoms with Crippen molar-refractivity contribution in [2.75, 3.05) is 26.2 Å². The molecule has 2 aliphatic rings. The molecule has 1 amide bonds. The molecule has 2 fully saturated rings. The highest BCUT2D eigenvalue weighted by molar-refractivity contribution is 5.91. The quantitative estimate of drug-likeness (QED) is 0.827. The fraction of sp³-hybridized carbons (Fsp3) is 0.571. The van der Waals surface area contributed by atoms with E-state index in [9.17, 15) is 4.79 Å². The van der Waals surface area contributed by atoms with Gasteiger partial charge in [0.15, 0.2) is 5.76 Å². The fourth-order valence-corrected chi connectivity index (χ4v) is 4.16. The normalized spacial score (nSPS) is 19.8. The van der Waals surface area contributed by atoms with Gasteiger partial charge in [-0.3, -0.25) is 9.69 Å². The molecule has 1 saturated heterocycles. The van der Waals surface area contributed by atoms with Gasteiger partial charge in [-0.1, -0.05) is 19.3 Å². The third kappa shape index (κ3) is 4.56. The summed E-state index contributed by atoms with van der Waals surface area (Å²) in [4.78, 5) is 26.0. The second-order valence-corrected chi connectivity index (χ2v) is 7.68. The van der Waals surface area contributed by atoms with Crippen LogP contribution in [0.1, 0.15) is 66.4 Å². The van der Waals surface area contributed by atoms with E-state index in [-0.39, 0.29) is 5.91 Å². The van der Waals surface area contributed by atoms with Crippen LogP contribution in [-0.2, 0) is 6.54 Å². The summed E-state index contributed by atoms with van der Waals surface area (Å²) >= 11 is 0. The van der Waals surface area contributed by atoms with Crippen molar-refractivity contribution in [3.8, 4) is 0 Å². The third-order valence-corrected chi connectivity index (χ3v) is 5.71. The number of nitrogens with zero attached hydrogens (tertiary/aromatic N) is 4. The molecule has 0 N–H and O–H groups in total. The second kappa shape index (κ2) is 8.65. The molecule has 0 bridgehead atoms. The molecule has 27 heavy (non-hydrogen) atoms. The van der Waals surface area contributed by atoms with Crippen LogP contribution in [0.2, 0.25) is 0 Å². The molecule has 1 aliphatic heterocycles. The van der Waals surface area contributed by atoms with Crippen molar-refractivity contribution < 1.29 is 9.21 Å². The average Bonchev–Trinajstić information content (AvgIpc) is 3.16. The summed E-state index contributed by atoms with van der Waals surface area (Å²) in [5.41, 5.74) is 1.15. The zero-order valence-corrected chi connectivity index (χ0v) is 15.8. The monoisotopic (exact) mass is 368 g/mol. The van der Waals surface area contributed by atoms with Gasteiger partial charge in [-0.25, -0.2) is 9.97 Å². The molecule has 1 aliphatic carbocycles. The number of amides is 1. The Kier molecular flexibility index (Phi) is 5.82. The van der Waals surface area contributed by atoms with Gasteiger partial charge in [0.2, 0.25) is 0 Å². The van der Waals surface area contributed by atoms with E-state index in [2.05, 4.69) is 14.9 Å². The fourth-order valence-electron chi connectivity index (χ4n) is 4.16. The molecule has 2 aromatic rings. The first kappa shape index (κ1) is 18.2. The van der Waals surface area contributed by atoms with E-state index >= 15 is 0 Å². The Morgan fingerprint density at radius 2 is 1.85 bits per heavy atom.